The van der Waals surface area contributed by atoms with Crippen LogP contribution < -0.4 is 0 Å². The van der Waals surface area contributed by atoms with Crippen LogP contribution >= 0.6 is 11.3 Å². The molecule has 0 saturated heterocycles. The minimum Gasteiger partial charge on any atom is -0.480 e. The van der Waals surface area contributed by atoms with Gasteiger partial charge in [0.05, 0.1) is 18.7 Å². The molecule has 1 aliphatic rings. The molecule has 6 nitrogen and oxygen atoms in total. The summed E-state index contributed by atoms with van der Waals surface area (Å²) in [5, 5.41) is 16.9. The van der Waals surface area contributed by atoms with E-state index in [1.807, 2.05) is 21.7 Å². The van der Waals surface area contributed by atoms with Crippen molar-refractivity contribution < 1.29 is 14.4 Å². The molecule has 0 atom stereocenters. The minimum atomic E-state index is -0.816. The van der Waals surface area contributed by atoms with E-state index in [9.17, 15) is 4.79 Å². The number of carbonyl (C=O) groups is 1. The van der Waals surface area contributed by atoms with Crippen LogP contribution in [0.2, 0.25) is 0 Å². The van der Waals surface area contributed by atoms with E-state index in [-0.39, 0.29) is 6.54 Å². The fourth-order valence-electron chi connectivity index (χ4n) is 2.76. The summed E-state index contributed by atoms with van der Waals surface area (Å²) in [4.78, 5) is 17.4. The third-order valence-electron chi connectivity index (χ3n) is 3.76. The number of aliphatic carboxylic acids is 1. The van der Waals surface area contributed by atoms with Crippen molar-refractivity contribution >= 4 is 17.3 Å². The van der Waals surface area contributed by atoms with Gasteiger partial charge in [-0.1, -0.05) is 18.0 Å². The lowest BCUT2D eigenvalue weighted by atomic mass is 10.2. The summed E-state index contributed by atoms with van der Waals surface area (Å²) in [6.45, 7) is 0.442. The Bertz CT molecular complexity index is 590. The second-order valence-corrected chi connectivity index (χ2v) is 6.04. The zero-order chi connectivity index (χ0) is 14.7. The van der Waals surface area contributed by atoms with Crippen molar-refractivity contribution in [3.63, 3.8) is 0 Å². The first-order valence-corrected chi connectivity index (χ1v) is 7.97. The lowest BCUT2D eigenvalue weighted by Gasteiger charge is -2.25. The Hall–Kier alpha value is -1.73. The molecule has 21 heavy (non-hydrogen) atoms. The van der Waals surface area contributed by atoms with Gasteiger partial charge < -0.3 is 9.63 Å². The highest BCUT2D eigenvalue weighted by Gasteiger charge is 2.26. The summed E-state index contributed by atoms with van der Waals surface area (Å²) >= 11 is 1.57. The van der Waals surface area contributed by atoms with Gasteiger partial charge in [-0.15, -0.1) is 0 Å². The highest BCUT2D eigenvalue weighted by atomic mass is 32.1. The average Bonchev–Trinajstić information content (AvgIpc) is 3.20. The Morgan fingerprint density at radius 3 is 2.95 bits per heavy atom. The summed E-state index contributed by atoms with van der Waals surface area (Å²) in [6, 6.07) is 2.23. The average molecular weight is 307 g/mol. The van der Waals surface area contributed by atoms with Gasteiger partial charge in [0.25, 0.3) is 5.89 Å². The molecule has 1 N–H and O–H groups in total. The fraction of sp³-hybridized carbons (Fsp3) is 0.500. The van der Waals surface area contributed by atoms with Crippen molar-refractivity contribution in [1.29, 1.82) is 0 Å². The van der Waals surface area contributed by atoms with Gasteiger partial charge in [0.1, 0.15) is 0 Å². The van der Waals surface area contributed by atoms with Gasteiger partial charge in [-0.25, -0.2) is 0 Å². The molecule has 0 spiro atoms. The maximum Gasteiger partial charge on any atom is 0.317 e. The summed E-state index contributed by atoms with van der Waals surface area (Å²) in [6.07, 6.45) is 4.41. The third kappa shape index (κ3) is 3.48. The van der Waals surface area contributed by atoms with E-state index in [0.717, 1.165) is 31.2 Å². The molecule has 112 valence electrons. The molecule has 0 aliphatic heterocycles. The summed E-state index contributed by atoms with van der Waals surface area (Å²) in [7, 11) is 0. The summed E-state index contributed by atoms with van der Waals surface area (Å²) in [5.41, 5.74) is 0.907. The van der Waals surface area contributed by atoms with Gasteiger partial charge in [-0.3, -0.25) is 9.69 Å². The molecule has 3 rings (SSSR count). The topological polar surface area (TPSA) is 79.5 Å². The zero-order valence-corrected chi connectivity index (χ0v) is 12.4. The van der Waals surface area contributed by atoms with E-state index in [0.29, 0.717) is 24.3 Å². The van der Waals surface area contributed by atoms with Crippen LogP contribution in [-0.2, 0) is 11.3 Å². The van der Waals surface area contributed by atoms with Crippen molar-refractivity contribution in [1.82, 2.24) is 15.0 Å². The number of carboxylic acids is 1. The van der Waals surface area contributed by atoms with Gasteiger partial charge in [-0.2, -0.15) is 16.3 Å². The van der Waals surface area contributed by atoms with Gasteiger partial charge >= 0.3 is 5.97 Å². The maximum atomic E-state index is 11.0. The Kier molecular flexibility index (Phi) is 4.31. The van der Waals surface area contributed by atoms with Crippen molar-refractivity contribution in [2.45, 2.75) is 38.3 Å². The van der Waals surface area contributed by atoms with Gasteiger partial charge in [0.2, 0.25) is 0 Å². The number of carboxylic acid groups (broad SMARTS) is 1. The number of aromatic nitrogens is 2. The van der Waals surface area contributed by atoms with Gasteiger partial charge in [-0.05, 0) is 24.3 Å². The second-order valence-electron chi connectivity index (χ2n) is 5.26. The SMILES string of the molecule is O=C(O)CN(Cc1noc(-c2ccsc2)n1)C1CCCC1. The molecule has 2 aromatic heterocycles. The molecule has 0 radical (unpaired) electrons. The lowest BCUT2D eigenvalue weighted by molar-refractivity contribution is -0.139. The lowest BCUT2D eigenvalue weighted by Crippen LogP contribution is -2.37. The van der Waals surface area contributed by atoms with Crippen LogP contribution in [0.1, 0.15) is 31.5 Å². The van der Waals surface area contributed by atoms with E-state index in [1.54, 1.807) is 11.3 Å². The number of rotatable bonds is 6. The van der Waals surface area contributed by atoms with E-state index >= 15 is 0 Å². The van der Waals surface area contributed by atoms with E-state index in [4.69, 9.17) is 9.63 Å². The monoisotopic (exact) mass is 307 g/mol. The molecule has 0 aromatic carbocycles. The highest BCUT2D eigenvalue weighted by Crippen LogP contribution is 2.25. The van der Waals surface area contributed by atoms with Crippen LogP contribution in [0.4, 0.5) is 0 Å². The van der Waals surface area contributed by atoms with Gasteiger partial charge in [0, 0.05) is 11.4 Å². The first-order valence-electron chi connectivity index (χ1n) is 7.03. The fourth-order valence-corrected chi connectivity index (χ4v) is 3.39. The van der Waals surface area contributed by atoms with E-state index in [2.05, 4.69) is 10.1 Å². The van der Waals surface area contributed by atoms with Crippen LogP contribution in [0.5, 0.6) is 0 Å². The van der Waals surface area contributed by atoms with Crippen LogP contribution in [0.3, 0.4) is 0 Å². The molecule has 0 bridgehead atoms. The van der Waals surface area contributed by atoms with Crippen molar-refractivity contribution in [2.75, 3.05) is 6.54 Å². The predicted molar refractivity (Wildman–Crippen MR) is 77.9 cm³/mol. The molecule has 1 fully saturated rings. The van der Waals surface area contributed by atoms with E-state index < -0.39 is 5.97 Å². The predicted octanol–water partition coefficient (Wildman–Crippen LogP) is 2.63. The molecular formula is C14H17N3O3S. The molecule has 1 aliphatic carbocycles. The molecule has 2 aromatic rings. The number of thiophene rings is 1. The molecule has 7 heteroatoms. The van der Waals surface area contributed by atoms with E-state index in [1.165, 1.54) is 0 Å². The van der Waals surface area contributed by atoms with Crippen molar-refractivity contribution in [2.24, 2.45) is 0 Å². The Morgan fingerprint density at radius 2 is 2.29 bits per heavy atom. The van der Waals surface area contributed by atoms with Gasteiger partial charge in [0.15, 0.2) is 5.82 Å². The second kappa shape index (κ2) is 6.36. The first-order chi connectivity index (χ1) is 10.2. The maximum absolute atomic E-state index is 11.0. The Morgan fingerprint density at radius 1 is 1.48 bits per heavy atom. The van der Waals surface area contributed by atoms with Crippen molar-refractivity contribution in [3.8, 4) is 11.5 Å². The summed E-state index contributed by atoms with van der Waals surface area (Å²) < 4.78 is 5.25. The van der Waals surface area contributed by atoms with Crippen LogP contribution in [-0.4, -0.2) is 38.7 Å². The molecule has 1 saturated carbocycles. The number of nitrogens with zero attached hydrogens (tertiary/aromatic N) is 3. The molecule has 0 amide bonds. The van der Waals surface area contributed by atoms with Crippen LogP contribution in [0, 0.1) is 0 Å². The number of hydrogen-bond donors (Lipinski definition) is 1. The Balaban J connectivity index is 1.71. The van der Waals surface area contributed by atoms with Crippen LogP contribution in [0.15, 0.2) is 21.3 Å². The third-order valence-corrected chi connectivity index (χ3v) is 4.44. The summed E-state index contributed by atoms with van der Waals surface area (Å²) in [5.74, 6) is 0.223. The molecule has 0 unspecified atom stereocenters. The Labute approximate surface area is 126 Å². The first kappa shape index (κ1) is 14.2. The van der Waals surface area contributed by atoms with Crippen LogP contribution in [0.25, 0.3) is 11.5 Å². The van der Waals surface area contributed by atoms with Crippen molar-refractivity contribution in [3.05, 3.63) is 22.7 Å². The normalized spacial score (nSPS) is 15.9. The molecule has 2 heterocycles. The standard InChI is InChI=1S/C14H17N3O3S/c18-13(19)8-17(11-3-1-2-4-11)7-12-15-14(20-16-12)10-5-6-21-9-10/h5-6,9,11H,1-4,7-8H2,(H,18,19). The smallest absolute Gasteiger partial charge is 0.317 e. The molecular weight excluding hydrogens is 290 g/mol. The zero-order valence-electron chi connectivity index (χ0n) is 11.6. The number of hydrogen-bond acceptors (Lipinski definition) is 6. The highest BCUT2D eigenvalue weighted by molar-refractivity contribution is 7.08. The largest absolute Gasteiger partial charge is 0.480 e. The minimum absolute atomic E-state index is 0.0208. The quantitative estimate of drug-likeness (QED) is 0.883.